The Morgan fingerprint density at radius 1 is 1.36 bits per heavy atom. The van der Waals surface area contributed by atoms with Crippen LogP contribution in [0.1, 0.15) is 5.69 Å². The summed E-state index contributed by atoms with van der Waals surface area (Å²) in [7, 11) is 0. The summed E-state index contributed by atoms with van der Waals surface area (Å²) in [6.45, 7) is 0. The number of imidazole rings is 1. The normalized spacial score (nSPS) is 12.3. The van der Waals surface area contributed by atoms with Crippen LogP contribution in [0.25, 0.3) is 5.65 Å². The lowest BCUT2D eigenvalue weighted by Crippen LogP contribution is -2.04. The second kappa shape index (κ2) is 2.98. The fourth-order valence-electron chi connectivity index (χ4n) is 1.12. The molecule has 0 amide bonds. The van der Waals surface area contributed by atoms with Crippen LogP contribution in [-0.2, 0) is 6.18 Å². The van der Waals surface area contributed by atoms with Crippen molar-refractivity contribution in [3.63, 3.8) is 0 Å². The van der Waals surface area contributed by atoms with E-state index < -0.39 is 11.9 Å². The SMILES string of the molecule is FC(F)(F)c1cn2cccc(Br)c2n1. The largest absolute Gasteiger partial charge is 0.434 e. The predicted octanol–water partition coefficient (Wildman–Crippen LogP) is 3.12. The van der Waals surface area contributed by atoms with Crippen LogP contribution in [0, 0.1) is 0 Å². The molecule has 0 aromatic carbocycles. The van der Waals surface area contributed by atoms with E-state index in [-0.39, 0.29) is 5.65 Å². The Morgan fingerprint density at radius 3 is 2.64 bits per heavy atom. The average Bonchev–Trinajstić information content (AvgIpc) is 2.48. The lowest BCUT2D eigenvalue weighted by atomic mass is 10.5. The van der Waals surface area contributed by atoms with Crippen molar-refractivity contribution in [3.05, 3.63) is 34.7 Å². The van der Waals surface area contributed by atoms with E-state index in [1.54, 1.807) is 12.1 Å². The zero-order chi connectivity index (χ0) is 10.3. The quantitative estimate of drug-likeness (QED) is 0.715. The monoisotopic (exact) mass is 264 g/mol. The lowest BCUT2D eigenvalue weighted by Gasteiger charge is -1.98. The van der Waals surface area contributed by atoms with Gasteiger partial charge in [-0.25, -0.2) is 4.98 Å². The molecule has 2 aromatic heterocycles. The number of halogens is 4. The van der Waals surface area contributed by atoms with Crippen molar-refractivity contribution in [2.24, 2.45) is 0 Å². The second-order valence-corrected chi connectivity index (χ2v) is 3.57. The van der Waals surface area contributed by atoms with Gasteiger partial charge in [-0.05, 0) is 28.1 Å². The van der Waals surface area contributed by atoms with E-state index in [1.165, 1.54) is 10.6 Å². The van der Waals surface area contributed by atoms with Crippen molar-refractivity contribution in [1.29, 1.82) is 0 Å². The summed E-state index contributed by atoms with van der Waals surface area (Å²) < 4.78 is 38.7. The van der Waals surface area contributed by atoms with E-state index in [0.717, 1.165) is 6.20 Å². The van der Waals surface area contributed by atoms with Crippen LogP contribution in [0.2, 0.25) is 0 Å². The topological polar surface area (TPSA) is 17.3 Å². The van der Waals surface area contributed by atoms with Gasteiger partial charge in [-0.3, -0.25) is 0 Å². The van der Waals surface area contributed by atoms with E-state index >= 15 is 0 Å². The van der Waals surface area contributed by atoms with E-state index in [2.05, 4.69) is 20.9 Å². The zero-order valence-electron chi connectivity index (χ0n) is 6.72. The van der Waals surface area contributed by atoms with E-state index in [0.29, 0.717) is 4.47 Å². The summed E-state index contributed by atoms with van der Waals surface area (Å²) in [4.78, 5) is 3.47. The highest BCUT2D eigenvalue weighted by molar-refractivity contribution is 9.10. The van der Waals surface area contributed by atoms with Crippen LogP contribution in [0.5, 0.6) is 0 Å². The van der Waals surface area contributed by atoms with Crippen LogP contribution in [-0.4, -0.2) is 9.38 Å². The van der Waals surface area contributed by atoms with Crippen molar-refractivity contribution >= 4 is 21.6 Å². The Labute approximate surface area is 85.5 Å². The molecule has 0 unspecified atom stereocenters. The lowest BCUT2D eigenvalue weighted by molar-refractivity contribution is -0.140. The van der Waals surface area contributed by atoms with Crippen LogP contribution in [0.15, 0.2) is 29.0 Å². The first kappa shape index (κ1) is 9.51. The zero-order valence-corrected chi connectivity index (χ0v) is 8.30. The van der Waals surface area contributed by atoms with Gasteiger partial charge in [-0.1, -0.05) is 0 Å². The summed E-state index contributed by atoms with van der Waals surface area (Å²) >= 11 is 3.13. The fourth-order valence-corrected chi connectivity index (χ4v) is 1.56. The number of fused-ring (bicyclic) bond motifs is 1. The average molecular weight is 265 g/mol. The molecule has 2 aromatic rings. The Morgan fingerprint density at radius 2 is 2.07 bits per heavy atom. The number of hydrogen-bond donors (Lipinski definition) is 0. The van der Waals surface area contributed by atoms with Gasteiger partial charge < -0.3 is 4.40 Å². The molecule has 0 bridgehead atoms. The minimum absolute atomic E-state index is 0.264. The third kappa shape index (κ3) is 1.50. The first-order valence-electron chi connectivity index (χ1n) is 3.69. The van der Waals surface area contributed by atoms with E-state index in [4.69, 9.17) is 0 Å². The highest BCUT2D eigenvalue weighted by Gasteiger charge is 2.34. The smallest absolute Gasteiger partial charge is 0.306 e. The Hall–Kier alpha value is -1.04. The van der Waals surface area contributed by atoms with Crippen LogP contribution in [0.3, 0.4) is 0 Å². The predicted molar refractivity (Wildman–Crippen MR) is 47.9 cm³/mol. The molecule has 0 radical (unpaired) electrons. The minimum Gasteiger partial charge on any atom is -0.306 e. The molecule has 0 spiro atoms. The molecule has 2 rings (SSSR count). The van der Waals surface area contributed by atoms with Gasteiger partial charge in [0.05, 0.1) is 4.47 Å². The molecule has 2 heterocycles. The molecule has 0 fully saturated rings. The highest BCUT2D eigenvalue weighted by Crippen LogP contribution is 2.29. The van der Waals surface area contributed by atoms with Crippen LogP contribution < -0.4 is 0 Å². The molecule has 0 aliphatic rings. The summed E-state index contributed by atoms with van der Waals surface area (Å²) in [6, 6.07) is 3.28. The Balaban J connectivity index is 2.69. The van der Waals surface area contributed by atoms with Gasteiger partial charge in [0.15, 0.2) is 11.3 Å². The molecule has 0 saturated carbocycles. The summed E-state index contributed by atoms with van der Waals surface area (Å²) in [5.74, 6) is 0. The van der Waals surface area contributed by atoms with Gasteiger partial charge in [0.25, 0.3) is 0 Å². The van der Waals surface area contributed by atoms with Gasteiger partial charge in [0, 0.05) is 12.4 Å². The van der Waals surface area contributed by atoms with Crippen LogP contribution >= 0.6 is 15.9 Å². The van der Waals surface area contributed by atoms with Crippen LogP contribution in [0.4, 0.5) is 13.2 Å². The fraction of sp³-hybridized carbons (Fsp3) is 0.125. The Kier molecular flexibility index (Phi) is 2.02. The third-order valence-electron chi connectivity index (χ3n) is 1.73. The third-order valence-corrected chi connectivity index (χ3v) is 2.34. The summed E-state index contributed by atoms with van der Waals surface area (Å²) in [5.41, 5.74) is -0.621. The molecule has 0 saturated heterocycles. The van der Waals surface area contributed by atoms with Gasteiger partial charge in [0.2, 0.25) is 0 Å². The van der Waals surface area contributed by atoms with Gasteiger partial charge >= 0.3 is 6.18 Å². The number of rotatable bonds is 0. The van der Waals surface area contributed by atoms with Gasteiger partial charge in [-0.15, -0.1) is 0 Å². The van der Waals surface area contributed by atoms with Gasteiger partial charge in [-0.2, -0.15) is 13.2 Å². The maximum atomic E-state index is 12.3. The number of alkyl halides is 3. The minimum atomic E-state index is -4.40. The van der Waals surface area contributed by atoms with Crippen molar-refractivity contribution in [2.75, 3.05) is 0 Å². The van der Waals surface area contributed by atoms with Crippen molar-refractivity contribution in [2.45, 2.75) is 6.18 Å². The number of pyridine rings is 1. The van der Waals surface area contributed by atoms with Crippen molar-refractivity contribution in [1.82, 2.24) is 9.38 Å². The summed E-state index contributed by atoms with van der Waals surface area (Å²) in [5, 5.41) is 0. The van der Waals surface area contributed by atoms with E-state index in [9.17, 15) is 13.2 Å². The number of nitrogens with zero attached hydrogens (tertiary/aromatic N) is 2. The van der Waals surface area contributed by atoms with Gasteiger partial charge in [0.1, 0.15) is 0 Å². The maximum Gasteiger partial charge on any atom is 0.434 e. The summed E-state index contributed by atoms with van der Waals surface area (Å²) in [6.07, 6.45) is -1.92. The Bertz CT molecular complexity index is 475. The molecule has 14 heavy (non-hydrogen) atoms. The molecule has 0 aliphatic carbocycles. The molecular formula is C8H4BrF3N2. The second-order valence-electron chi connectivity index (χ2n) is 2.71. The number of hydrogen-bond acceptors (Lipinski definition) is 1. The van der Waals surface area contributed by atoms with Crippen molar-refractivity contribution < 1.29 is 13.2 Å². The first-order valence-corrected chi connectivity index (χ1v) is 4.48. The maximum absolute atomic E-state index is 12.3. The molecule has 74 valence electrons. The van der Waals surface area contributed by atoms with Crippen molar-refractivity contribution in [3.8, 4) is 0 Å². The molecule has 0 aliphatic heterocycles. The highest BCUT2D eigenvalue weighted by atomic mass is 79.9. The first-order chi connectivity index (χ1) is 6.48. The number of aromatic nitrogens is 2. The molecule has 0 N–H and O–H groups in total. The molecular weight excluding hydrogens is 261 g/mol. The van der Waals surface area contributed by atoms with E-state index in [1.807, 2.05) is 0 Å². The standard InChI is InChI=1S/C8H4BrF3N2/c9-5-2-1-3-14-4-6(8(10,11)12)13-7(5)14/h1-4H. The molecule has 0 atom stereocenters. The molecule has 6 heteroatoms. The molecule has 2 nitrogen and oxygen atoms in total.